The molecule has 0 radical (unpaired) electrons. The Balaban J connectivity index is 2.56. The minimum Gasteiger partial charge on any atom is -0.495 e. The largest absolute Gasteiger partial charge is 0.495 e. The SMILES string of the molecule is COc1cccc2c(=S)c3ccc(Cl)cc3[nH]c12. The maximum Gasteiger partial charge on any atom is 0.142 e. The van der Waals surface area contributed by atoms with E-state index in [1.165, 1.54) is 0 Å². The average molecular weight is 276 g/mol. The van der Waals surface area contributed by atoms with Crippen molar-refractivity contribution in [3.8, 4) is 5.75 Å². The Bertz CT molecular complexity index is 810. The average Bonchev–Trinajstić information content (AvgIpc) is 2.38. The Kier molecular flexibility index (Phi) is 2.73. The van der Waals surface area contributed by atoms with Gasteiger partial charge in [-0.1, -0.05) is 36.0 Å². The third-order valence-electron chi connectivity index (χ3n) is 2.98. The number of halogens is 1. The van der Waals surface area contributed by atoms with Crippen molar-refractivity contribution >= 4 is 45.6 Å². The molecule has 0 unspecified atom stereocenters. The highest BCUT2D eigenvalue weighted by atomic mass is 35.5. The van der Waals surface area contributed by atoms with Crippen LogP contribution in [0.5, 0.6) is 5.75 Å². The summed E-state index contributed by atoms with van der Waals surface area (Å²) in [5, 5.41) is 2.66. The van der Waals surface area contributed by atoms with Crippen molar-refractivity contribution in [2.75, 3.05) is 7.11 Å². The molecule has 3 rings (SSSR count). The zero-order valence-electron chi connectivity index (χ0n) is 9.66. The number of hydrogen-bond donors (Lipinski definition) is 1. The highest BCUT2D eigenvalue weighted by Crippen LogP contribution is 2.29. The number of aromatic amines is 1. The summed E-state index contributed by atoms with van der Waals surface area (Å²) in [4.78, 5) is 3.33. The minimum absolute atomic E-state index is 0.683. The van der Waals surface area contributed by atoms with Gasteiger partial charge >= 0.3 is 0 Å². The maximum absolute atomic E-state index is 6.01. The molecule has 90 valence electrons. The first-order valence-electron chi connectivity index (χ1n) is 5.49. The summed E-state index contributed by atoms with van der Waals surface area (Å²) in [6.45, 7) is 0. The van der Waals surface area contributed by atoms with Gasteiger partial charge in [0.05, 0.1) is 17.1 Å². The number of aromatic nitrogens is 1. The molecule has 0 saturated carbocycles. The van der Waals surface area contributed by atoms with Crippen molar-refractivity contribution in [3.05, 3.63) is 45.9 Å². The van der Waals surface area contributed by atoms with Crippen LogP contribution in [0.1, 0.15) is 0 Å². The highest BCUT2D eigenvalue weighted by molar-refractivity contribution is 7.72. The molecule has 0 amide bonds. The lowest BCUT2D eigenvalue weighted by Crippen LogP contribution is -1.89. The number of H-pyrrole nitrogens is 1. The standard InChI is InChI=1S/C14H10ClNOS/c1-17-12-4-2-3-10-13(12)16-11-7-8(15)5-6-9(11)14(10)18/h2-7H,1H3,(H,16,18). The normalized spacial score (nSPS) is 11.0. The van der Waals surface area contributed by atoms with Gasteiger partial charge in [0, 0.05) is 21.3 Å². The van der Waals surface area contributed by atoms with E-state index < -0.39 is 0 Å². The molecule has 18 heavy (non-hydrogen) atoms. The van der Waals surface area contributed by atoms with Crippen LogP contribution in [0, 0.1) is 4.51 Å². The molecule has 0 aliphatic rings. The Morgan fingerprint density at radius 2 is 2.00 bits per heavy atom. The lowest BCUT2D eigenvalue weighted by molar-refractivity contribution is 0.419. The van der Waals surface area contributed by atoms with Gasteiger partial charge in [-0.15, -0.1) is 0 Å². The van der Waals surface area contributed by atoms with E-state index in [0.717, 1.165) is 32.1 Å². The second kappa shape index (κ2) is 4.26. The van der Waals surface area contributed by atoms with E-state index in [0.29, 0.717) is 5.02 Å². The number of benzene rings is 2. The number of para-hydroxylation sites is 1. The maximum atomic E-state index is 6.01. The summed E-state index contributed by atoms with van der Waals surface area (Å²) >= 11 is 11.5. The molecular weight excluding hydrogens is 266 g/mol. The molecule has 2 aromatic carbocycles. The summed E-state index contributed by atoms with van der Waals surface area (Å²) in [6.07, 6.45) is 0. The van der Waals surface area contributed by atoms with Crippen LogP contribution in [-0.4, -0.2) is 12.1 Å². The third-order valence-corrected chi connectivity index (χ3v) is 3.65. The van der Waals surface area contributed by atoms with E-state index in [4.69, 9.17) is 28.6 Å². The van der Waals surface area contributed by atoms with E-state index in [-0.39, 0.29) is 0 Å². The van der Waals surface area contributed by atoms with Gasteiger partial charge in [-0.3, -0.25) is 0 Å². The van der Waals surface area contributed by atoms with E-state index >= 15 is 0 Å². The lowest BCUT2D eigenvalue weighted by Gasteiger charge is -2.08. The van der Waals surface area contributed by atoms with Crippen LogP contribution in [0.2, 0.25) is 5.02 Å². The minimum atomic E-state index is 0.683. The smallest absolute Gasteiger partial charge is 0.142 e. The Morgan fingerprint density at radius 1 is 1.17 bits per heavy atom. The van der Waals surface area contributed by atoms with Gasteiger partial charge in [0.2, 0.25) is 0 Å². The molecule has 0 fully saturated rings. The fourth-order valence-corrected chi connectivity index (χ4v) is 2.64. The van der Waals surface area contributed by atoms with E-state index in [2.05, 4.69) is 4.98 Å². The van der Waals surface area contributed by atoms with Gasteiger partial charge in [-0.2, -0.15) is 0 Å². The second-order valence-corrected chi connectivity index (χ2v) is 4.87. The molecule has 0 aliphatic heterocycles. The van der Waals surface area contributed by atoms with E-state index in [9.17, 15) is 0 Å². The summed E-state index contributed by atoms with van der Waals surface area (Å²) < 4.78 is 6.17. The summed E-state index contributed by atoms with van der Waals surface area (Å²) in [5.41, 5.74) is 1.82. The van der Waals surface area contributed by atoms with Crippen molar-refractivity contribution in [2.45, 2.75) is 0 Å². The predicted molar refractivity (Wildman–Crippen MR) is 78.2 cm³/mol. The molecule has 3 aromatic rings. The molecule has 2 nitrogen and oxygen atoms in total. The van der Waals surface area contributed by atoms with Gasteiger partial charge < -0.3 is 9.72 Å². The number of nitrogens with one attached hydrogen (secondary N) is 1. The zero-order chi connectivity index (χ0) is 12.7. The van der Waals surface area contributed by atoms with E-state index in [1.807, 2.05) is 36.4 Å². The molecule has 1 aromatic heterocycles. The van der Waals surface area contributed by atoms with Crippen LogP contribution >= 0.6 is 23.8 Å². The Labute approximate surface area is 114 Å². The highest BCUT2D eigenvalue weighted by Gasteiger charge is 2.06. The third kappa shape index (κ3) is 1.67. The zero-order valence-corrected chi connectivity index (χ0v) is 11.2. The van der Waals surface area contributed by atoms with Crippen LogP contribution in [0.4, 0.5) is 0 Å². The van der Waals surface area contributed by atoms with E-state index in [1.54, 1.807) is 7.11 Å². The quantitative estimate of drug-likeness (QED) is 0.514. The molecule has 1 N–H and O–H groups in total. The van der Waals surface area contributed by atoms with Crippen LogP contribution in [-0.2, 0) is 0 Å². The van der Waals surface area contributed by atoms with Gasteiger partial charge in [0.25, 0.3) is 0 Å². The fourth-order valence-electron chi connectivity index (χ4n) is 2.12. The summed E-state index contributed by atoms with van der Waals surface area (Å²) in [7, 11) is 1.65. The number of fused-ring (bicyclic) bond motifs is 2. The fraction of sp³-hybridized carbons (Fsp3) is 0.0714. The molecule has 0 aliphatic carbocycles. The van der Waals surface area contributed by atoms with Crippen molar-refractivity contribution in [3.63, 3.8) is 0 Å². The number of pyridine rings is 1. The number of ether oxygens (including phenoxy) is 1. The van der Waals surface area contributed by atoms with Gasteiger partial charge in [-0.05, 0) is 24.3 Å². The van der Waals surface area contributed by atoms with Crippen LogP contribution < -0.4 is 4.74 Å². The topological polar surface area (TPSA) is 25.0 Å². The van der Waals surface area contributed by atoms with Crippen LogP contribution in [0.3, 0.4) is 0 Å². The summed E-state index contributed by atoms with van der Waals surface area (Å²) in [6, 6.07) is 11.5. The number of methoxy groups -OCH3 is 1. The van der Waals surface area contributed by atoms with Crippen molar-refractivity contribution in [1.82, 2.24) is 4.98 Å². The molecule has 0 bridgehead atoms. The van der Waals surface area contributed by atoms with Crippen molar-refractivity contribution in [1.29, 1.82) is 0 Å². The van der Waals surface area contributed by atoms with Crippen LogP contribution in [0.15, 0.2) is 36.4 Å². The molecule has 0 saturated heterocycles. The van der Waals surface area contributed by atoms with Crippen molar-refractivity contribution < 1.29 is 4.74 Å². The molecule has 0 atom stereocenters. The second-order valence-electron chi connectivity index (χ2n) is 4.03. The molecule has 0 spiro atoms. The first-order valence-corrected chi connectivity index (χ1v) is 6.27. The first-order chi connectivity index (χ1) is 8.70. The predicted octanol–water partition coefficient (Wildman–Crippen LogP) is 4.71. The van der Waals surface area contributed by atoms with Gasteiger partial charge in [0.1, 0.15) is 5.75 Å². The molecular formula is C14H10ClNOS. The lowest BCUT2D eigenvalue weighted by atomic mass is 10.1. The molecule has 1 heterocycles. The van der Waals surface area contributed by atoms with Crippen molar-refractivity contribution in [2.24, 2.45) is 0 Å². The van der Waals surface area contributed by atoms with Gasteiger partial charge in [-0.25, -0.2) is 0 Å². The molecule has 4 heteroatoms. The van der Waals surface area contributed by atoms with Crippen LogP contribution in [0.25, 0.3) is 21.8 Å². The number of hydrogen-bond acceptors (Lipinski definition) is 2. The first kappa shape index (κ1) is 11.5. The Hall–Kier alpha value is -1.58. The van der Waals surface area contributed by atoms with Gasteiger partial charge in [0.15, 0.2) is 0 Å². The summed E-state index contributed by atoms with van der Waals surface area (Å²) in [5.74, 6) is 0.778. The number of rotatable bonds is 1. The monoisotopic (exact) mass is 275 g/mol. The Morgan fingerprint density at radius 3 is 2.78 bits per heavy atom.